The molecule has 0 aromatic heterocycles. The molecule has 29 heavy (non-hydrogen) atoms. The monoisotopic (exact) mass is 424 g/mol. The van der Waals surface area contributed by atoms with Crippen LogP contribution in [0.15, 0.2) is 47.4 Å². The average molecular weight is 424 g/mol. The first-order chi connectivity index (χ1) is 13.6. The van der Waals surface area contributed by atoms with Crippen LogP contribution >= 0.6 is 0 Å². The van der Waals surface area contributed by atoms with Gasteiger partial charge in [0.05, 0.1) is 16.4 Å². The number of nitro benzene ring substituents is 1. The molecule has 1 amide bonds. The fraction of sp³-hybridized carbons (Fsp3) is 0.278. The molecule has 0 spiro atoms. The fourth-order valence-electron chi connectivity index (χ4n) is 2.61. The number of likely N-dealkylation sites (N-methyl/N-ethyl adjacent to an activating group) is 2. The molecule has 0 radical (unpaired) electrons. The molecule has 0 aliphatic rings. The largest absolute Gasteiger partial charge is 0.383 e. The summed E-state index contributed by atoms with van der Waals surface area (Å²) < 4.78 is 39.5. The highest BCUT2D eigenvalue weighted by molar-refractivity contribution is 7.89. The third-order valence-corrected chi connectivity index (χ3v) is 6.04. The van der Waals surface area contributed by atoms with Crippen molar-refractivity contribution in [2.24, 2.45) is 0 Å². The minimum Gasteiger partial charge on any atom is -0.383 e. The molecule has 0 aliphatic heterocycles. The molecule has 0 unspecified atom stereocenters. The van der Waals surface area contributed by atoms with Crippen molar-refractivity contribution in [3.05, 3.63) is 64.0 Å². The van der Waals surface area contributed by atoms with Crippen molar-refractivity contribution in [2.75, 3.05) is 33.0 Å². The molecule has 2 aromatic carbocycles. The Labute approximate surface area is 167 Å². The molecule has 156 valence electrons. The maximum atomic E-state index is 13.3. The van der Waals surface area contributed by atoms with E-state index in [1.165, 1.54) is 56.4 Å². The van der Waals surface area contributed by atoms with Gasteiger partial charge in [0.25, 0.3) is 5.69 Å². The van der Waals surface area contributed by atoms with Crippen molar-refractivity contribution < 1.29 is 22.5 Å². The normalized spacial score (nSPS) is 11.3. The molecule has 1 N–H and O–H groups in total. The summed E-state index contributed by atoms with van der Waals surface area (Å²) in [6, 6.07) is 9.19. The van der Waals surface area contributed by atoms with Gasteiger partial charge in [-0.25, -0.2) is 12.8 Å². The Morgan fingerprint density at radius 3 is 2.48 bits per heavy atom. The van der Waals surface area contributed by atoms with Gasteiger partial charge >= 0.3 is 0 Å². The molecule has 0 fully saturated rings. The first kappa shape index (κ1) is 22.2. The van der Waals surface area contributed by atoms with Crippen molar-refractivity contribution >= 4 is 27.3 Å². The Kier molecular flexibility index (Phi) is 6.88. The molecular weight excluding hydrogens is 403 g/mol. The third-order valence-electron chi connectivity index (χ3n) is 4.24. The Morgan fingerprint density at radius 1 is 1.21 bits per heavy atom. The van der Waals surface area contributed by atoms with E-state index in [1.54, 1.807) is 6.07 Å². The number of benzene rings is 2. The lowest BCUT2D eigenvalue weighted by Gasteiger charge is -2.22. The van der Waals surface area contributed by atoms with E-state index < -0.39 is 38.9 Å². The SMILES string of the molecule is CNc1ccc(S(=O)(=O)N(C)CC(=O)N(C)Cc2cccc(F)c2)cc1[N+](=O)[O-]. The second kappa shape index (κ2) is 8.97. The molecule has 11 heteroatoms. The van der Waals surface area contributed by atoms with Crippen LogP contribution in [0.5, 0.6) is 0 Å². The van der Waals surface area contributed by atoms with Crippen LogP contribution in [0, 0.1) is 15.9 Å². The highest BCUT2D eigenvalue weighted by Crippen LogP contribution is 2.28. The first-order valence-corrected chi connectivity index (χ1v) is 9.91. The lowest BCUT2D eigenvalue weighted by atomic mass is 10.2. The first-order valence-electron chi connectivity index (χ1n) is 8.47. The van der Waals surface area contributed by atoms with E-state index in [0.717, 1.165) is 10.4 Å². The number of rotatable bonds is 8. The van der Waals surface area contributed by atoms with Crippen LogP contribution in [0.1, 0.15) is 5.56 Å². The summed E-state index contributed by atoms with van der Waals surface area (Å²) in [6.45, 7) is -0.372. The van der Waals surface area contributed by atoms with Crippen LogP contribution in [0.4, 0.5) is 15.8 Å². The number of hydrogen-bond donors (Lipinski definition) is 1. The second-order valence-corrected chi connectivity index (χ2v) is 8.37. The van der Waals surface area contributed by atoms with Crippen molar-refractivity contribution in [3.8, 4) is 0 Å². The summed E-state index contributed by atoms with van der Waals surface area (Å²) in [6.07, 6.45) is 0. The minimum atomic E-state index is -4.13. The van der Waals surface area contributed by atoms with Gasteiger partial charge < -0.3 is 10.2 Å². The number of nitrogens with zero attached hydrogens (tertiary/aromatic N) is 3. The number of carbonyl (C=O) groups excluding carboxylic acids is 1. The van der Waals surface area contributed by atoms with Gasteiger partial charge in [-0.05, 0) is 29.8 Å². The van der Waals surface area contributed by atoms with Crippen molar-refractivity contribution in [2.45, 2.75) is 11.4 Å². The van der Waals surface area contributed by atoms with Crippen LogP contribution in [-0.4, -0.2) is 56.1 Å². The molecule has 0 saturated heterocycles. The summed E-state index contributed by atoms with van der Waals surface area (Å²) >= 11 is 0. The van der Waals surface area contributed by atoms with Crippen LogP contribution in [0.2, 0.25) is 0 Å². The van der Waals surface area contributed by atoms with Crippen LogP contribution in [0.3, 0.4) is 0 Å². The van der Waals surface area contributed by atoms with Crippen molar-refractivity contribution in [3.63, 3.8) is 0 Å². The maximum absolute atomic E-state index is 13.3. The number of hydrogen-bond acceptors (Lipinski definition) is 6. The number of carbonyl (C=O) groups is 1. The summed E-state index contributed by atoms with van der Waals surface area (Å²) in [7, 11) is 0.0292. The molecule has 0 heterocycles. The molecule has 0 atom stereocenters. The Hall–Kier alpha value is -3.05. The molecule has 0 saturated carbocycles. The molecule has 2 aromatic rings. The summed E-state index contributed by atoms with van der Waals surface area (Å²) in [5.74, 6) is -0.948. The van der Waals surface area contributed by atoms with Gasteiger partial charge in [0.15, 0.2) is 0 Å². The number of nitro groups is 1. The predicted octanol–water partition coefficient (Wildman–Crippen LogP) is 2.05. The molecule has 2 rings (SSSR count). The number of anilines is 1. The van der Waals surface area contributed by atoms with Gasteiger partial charge in [-0.3, -0.25) is 14.9 Å². The van der Waals surface area contributed by atoms with E-state index in [2.05, 4.69) is 5.32 Å². The Bertz CT molecular complexity index is 1030. The van der Waals surface area contributed by atoms with E-state index in [9.17, 15) is 27.7 Å². The summed E-state index contributed by atoms with van der Waals surface area (Å²) in [5.41, 5.74) is 0.337. The lowest BCUT2D eigenvalue weighted by molar-refractivity contribution is -0.384. The molecule has 9 nitrogen and oxygen atoms in total. The highest BCUT2D eigenvalue weighted by Gasteiger charge is 2.27. The fourth-order valence-corrected chi connectivity index (χ4v) is 3.75. The zero-order chi connectivity index (χ0) is 21.8. The van der Waals surface area contributed by atoms with Gasteiger partial charge in [-0.1, -0.05) is 12.1 Å². The smallest absolute Gasteiger partial charge is 0.293 e. The van der Waals surface area contributed by atoms with E-state index >= 15 is 0 Å². The van der Waals surface area contributed by atoms with Crippen LogP contribution < -0.4 is 5.32 Å². The minimum absolute atomic E-state index is 0.104. The third kappa shape index (κ3) is 5.27. The van der Waals surface area contributed by atoms with Gasteiger partial charge in [0.1, 0.15) is 11.5 Å². The predicted molar refractivity (Wildman–Crippen MR) is 105 cm³/mol. The van der Waals surface area contributed by atoms with Crippen molar-refractivity contribution in [1.82, 2.24) is 9.21 Å². The average Bonchev–Trinajstić information content (AvgIpc) is 2.67. The number of nitrogens with one attached hydrogen (secondary N) is 1. The van der Waals surface area contributed by atoms with Crippen molar-refractivity contribution in [1.29, 1.82) is 0 Å². The van der Waals surface area contributed by atoms with Crippen LogP contribution in [-0.2, 0) is 21.4 Å². The number of halogens is 1. The van der Waals surface area contributed by atoms with Crippen LogP contribution in [0.25, 0.3) is 0 Å². The van der Waals surface area contributed by atoms with E-state index in [4.69, 9.17) is 0 Å². The van der Waals surface area contributed by atoms with Gasteiger partial charge in [0.2, 0.25) is 15.9 Å². The lowest BCUT2D eigenvalue weighted by Crippen LogP contribution is -2.39. The molecule has 0 aliphatic carbocycles. The Balaban J connectivity index is 2.16. The van der Waals surface area contributed by atoms with Gasteiger partial charge in [-0.15, -0.1) is 0 Å². The van der Waals surface area contributed by atoms with Gasteiger partial charge in [0, 0.05) is 33.8 Å². The Morgan fingerprint density at radius 2 is 1.90 bits per heavy atom. The summed E-state index contributed by atoms with van der Waals surface area (Å²) in [5, 5.41) is 13.8. The zero-order valence-electron chi connectivity index (χ0n) is 16.1. The van der Waals surface area contributed by atoms with E-state index in [1.807, 2.05) is 0 Å². The quantitative estimate of drug-likeness (QED) is 0.513. The summed E-state index contributed by atoms with van der Waals surface area (Å²) in [4.78, 5) is 23.8. The second-order valence-electron chi connectivity index (χ2n) is 6.33. The standard InChI is InChI=1S/C18H21FN4O5S/c1-20-16-8-7-15(10-17(16)23(25)26)29(27,28)22(3)12-18(24)21(2)11-13-5-4-6-14(19)9-13/h4-10,20H,11-12H2,1-3H3. The van der Waals surface area contributed by atoms with Gasteiger partial charge in [-0.2, -0.15) is 4.31 Å². The molecule has 0 bridgehead atoms. The van der Waals surface area contributed by atoms with E-state index in [0.29, 0.717) is 5.56 Å². The number of amides is 1. The maximum Gasteiger partial charge on any atom is 0.293 e. The number of sulfonamides is 1. The topological polar surface area (TPSA) is 113 Å². The molecular formula is C18H21FN4O5S. The highest BCUT2D eigenvalue weighted by atomic mass is 32.2. The zero-order valence-corrected chi connectivity index (χ0v) is 16.9. The van der Waals surface area contributed by atoms with E-state index in [-0.39, 0.29) is 17.1 Å².